The van der Waals surface area contributed by atoms with Gasteiger partial charge in [0.15, 0.2) is 22.4 Å². The van der Waals surface area contributed by atoms with Crippen molar-refractivity contribution >= 4 is 46.4 Å². The third kappa shape index (κ3) is 5.20. The normalized spacial score (nSPS) is 17.5. The Morgan fingerprint density at radius 1 is 0.975 bits per heavy atom. The second kappa shape index (κ2) is 10.9. The van der Waals surface area contributed by atoms with E-state index in [1.807, 2.05) is 37.3 Å². The van der Waals surface area contributed by atoms with Crippen LogP contribution in [0.1, 0.15) is 21.7 Å². The molecule has 1 fully saturated rings. The molecule has 0 N–H and O–H groups in total. The minimum Gasteiger partial charge on any atom is -0.459 e. The van der Waals surface area contributed by atoms with Crippen LogP contribution in [0.15, 0.2) is 76.0 Å². The van der Waals surface area contributed by atoms with Crippen LogP contribution in [0.4, 0.5) is 5.69 Å². The summed E-state index contributed by atoms with van der Waals surface area (Å²) in [6.07, 6.45) is 3.17. The lowest BCUT2D eigenvalue weighted by atomic mass is 10.1. The van der Waals surface area contributed by atoms with Gasteiger partial charge in [-0.15, -0.1) is 0 Å². The number of benzene rings is 2. The number of furan rings is 1. The molecule has 1 saturated heterocycles. The van der Waals surface area contributed by atoms with Gasteiger partial charge >= 0.3 is 0 Å². The number of amidine groups is 1. The first-order chi connectivity index (χ1) is 19.5. The van der Waals surface area contributed by atoms with Crippen molar-refractivity contribution in [3.63, 3.8) is 0 Å². The fraction of sp³-hybridized carbons (Fsp3) is 0.241. The van der Waals surface area contributed by atoms with Crippen molar-refractivity contribution < 1.29 is 28.3 Å². The summed E-state index contributed by atoms with van der Waals surface area (Å²) in [6.45, 7) is 3.84. The van der Waals surface area contributed by atoms with Crippen LogP contribution < -0.4 is 14.4 Å². The molecule has 0 atom stereocenters. The molecule has 204 valence electrons. The number of aliphatic imine (C=N–C) groups is 1. The topological polar surface area (TPSA) is 105 Å². The zero-order chi connectivity index (χ0) is 27.6. The molecular weight excluding hydrogens is 532 g/mol. The van der Waals surface area contributed by atoms with Crippen molar-refractivity contribution in [3.05, 3.63) is 83.4 Å². The van der Waals surface area contributed by atoms with Gasteiger partial charge in [0, 0.05) is 26.2 Å². The number of carbonyl (C=O) groups is 3. The van der Waals surface area contributed by atoms with Crippen molar-refractivity contribution in [1.82, 2.24) is 9.80 Å². The zero-order valence-corrected chi connectivity index (χ0v) is 22.6. The number of carbonyl (C=O) groups excluding carboxylic acids is 3. The molecule has 0 aliphatic carbocycles. The van der Waals surface area contributed by atoms with Crippen LogP contribution in [0.25, 0.3) is 6.08 Å². The van der Waals surface area contributed by atoms with Gasteiger partial charge in [-0.2, -0.15) is 0 Å². The third-order valence-electron chi connectivity index (χ3n) is 6.80. The molecule has 3 aromatic rings. The van der Waals surface area contributed by atoms with Crippen LogP contribution in [0.2, 0.25) is 0 Å². The smallest absolute Gasteiger partial charge is 0.289 e. The number of nitrogens with zero attached hydrogens (tertiary/aromatic N) is 4. The summed E-state index contributed by atoms with van der Waals surface area (Å²) in [7, 11) is 0. The van der Waals surface area contributed by atoms with Gasteiger partial charge in [0.25, 0.3) is 11.8 Å². The molecule has 10 nitrogen and oxygen atoms in total. The van der Waals surface area contributed by atoms with Crippen LogP contribution in [-0.2, 0) is 9.59 Å². The Morgan fingerprint density at radius 2 is 1.73 bits per heavy atom. The number of hydrogen-bond acceptors (Lipinski definition) is 8. The minimum atomic E-state index is -0.276. The maximum absolute atomic E-state index is 13.5. The van der Waals surface area contributed by atoms with E-state index in [9.17, 15) is 14.4 Å². The first-order valence-electron chi connectivity index (χ1n) is 12.8. The van der Waals surface area contributed by atoms with Gasteiger partial charge in [-0.05, 0) is 55.0 Å². The van der Waals surface area contributed by atoms with E-state index in [-0.39, 0.29) is 36.0 Å². The van der Waals surface area contributed by atoms with Gasteiger partial charge in [0.1, 0.15) is 5.70 Å². The molecule has 2 aromatic carbocycles. The second-order valence-corrected chi connectivity index (χ2v) is 10.4. The van der Waals surface area contributed by atoms with E-state index in [0.29, 0.717) is 54.3 Å². The Balaban J connectivity index is 1.16. The SMILES string of the molecule is Cc1ccc(N2C(=O)/C(=C\c3ccc4c(c3)OCO4)N=C2SCC(=O)N2CCN(C(=O)c3ccco3)CC2)cc1. The van der Waals surface area contributed by atoms with Crippen molar-refractivity contribution in [2.24, 2.45) is 4.99 Å². The summed E-state index contributed by atoms with van der Waals surface area (Å²) in [5.74, 6) is 1.14. The summed E-state index contributed by atoms with van der Waals surface area (Å²) >= 11 is 1.22. The van der Waals surface area contributed by atoms with Gasteiger partial charge in [0.2, 0.25) is 12.7 Å². The Kier molecular flexibility index (Phi) is 7.04. The number of anilines is 1. The molecule has 0 unspecified atom stereocenters. The van der Waals surface area contributed by atoms with E-state index >= 15 is 0 Å². The Bertz CT molecular complexity index is 1510. The number of aryl methyl sites for hydroxylation is 1. The third-order valence-corrected chi connectivity index (χ3v) is 7.72. The summed E-state index contributed by atoms with van der Waals surface area (Å²) in [5.41, 5.74) is 2.76. The highest BCUT2D eigenvalue weighted by molar-refractivity contribution is 8.14. The molecule has 6 rings (SSSR count). The Labute approximate surface area is 234 Å². The lowest BCUT2D eigenvalue weighted by molar-refractivity contribution is -0.129. The number of piperazine rings is 1. The summed E-state index contributed by atoms with van der Waals surface area (Å²) in [4.78, 5) is 48.7. The van der Waals surface area contributed by atoms with Crippen LogP contribution in [0.5, 0.6) is 11.5 Å². The molecule has 3 aliphatic heterocycles. The van der Waals surface area contributed by atoms with Gasteiger partial charge in [0.05, 0.1) is 17.7 Å². The average molecular weight is 559 g/mol. The number of thioether (sulfide) groups is 1. The quantitative estimate of drug-likeness (QED) is 0.439. The predicted molar refractivity (Wildman–Crippen MR) is 150 cm³/mol. The number of amides is 3. The van der Waals surface area contributed by atoms with Crippen molar-refractivity contribution in [1.29, 1.82) is 0 Å². The lowest BCUT2D eigenvalue weighted by Gasteiger charge is -2.34. The van der Waals surface area contributed by atoms with E-state index in [0.717, 1.165) is 11.1 Å². The van der Waals surface area contributed by atoms with Gasteiger partial charge in [-0.1, -0.05) is 35.5 Å². The molecule has 0 radical (unpaired) electrons. The van der Waals surface area contributed by atoms with E-state index in [1.165, 1.54) is 22.9 Å². The molecule has 40 heavy (non-hydrogen) atoms. The number of rotatable bonds is 5. The molecule has 0 spiro atoms. The number of ether oxygens (including phenoxy) is 2. The van der Waals surface area contributed by atoms with Crippen molar-refractivity contribution in [2.75, 3.05) is 43.6 Å². The van der Waals surface area contributed by atoms with Crippen molar-refractivity contribution in [3.8, 4) is 11.5 Å². The lowest BCUT2D eigenvalue weighted by Crippen LogP contribution is -2.51. The highest BCUT2D eigenvalue weighted by atomic mass is 32.2. The van der Waals surface area contributed by atoms with E-state index < -0.39 is 0 Å². The average Bonchev–Trinajstić information content (AvgIpc) is 3.73. The summed E-state index contributed by atoms with van der Waals surface area (Å²) in [6, 6.07) is 16.3. The first kappa shape index (κ1) is 25.8. The molecular formula is C29H26N4O6S. The van der Waals surface area contributed by atoms with Crippen LogP contribution in [-0.4, -0.2) is 71.4 Å². The van der Waals surface area contributed by atoms with Gasteiger partial charge in [-0.3, -0.25) is 19.3 Å². The van der Waals surface area contributed by atoms with Crippen LogP contribution in [0.3, 0.4) is 0 Å². The highest BCUT2D eigenvalue weighted by Gasteiger charge is 2.33. The molecule has 1 aromatic heterocycles. The Hall–Kier alpha value is -4.51. The molecule has 3 amide bonds. The first-order valence-corrected chi connectivity index (χ1v) is 13.8. The fourth-order valence-electron chi connectivity index (χ4n) is 4.61. The van der Waals surface area contributed by atoms with Crippen LogP contribution in [0, 0.1) is 6.92 Å². The minimum absolute atomic E-state index is 0.0812. The van der Waals surface area contributed by atoms with Crippen molar-refractivity contribution in [2.45, 2.75) is 6.92 Å². The molecule has 0 saturated carbocycles. The zero-order valence-electron chi connectivity index (χ0n) is 21.7. The predicted octanol–water partition coefficient (Wildman–Crippen LogP) is 3.78. The summed E-state index contributed by atoms with van der Waals surface area (Å²) < 4.78 is 16.0. The maximum Gasteiger partial charge on any atom is 0.289 e. The highest BCUT2D eigenvalue weighted by Crippen LogP contribution is 2.34. The standard InChI is InChI=1S/C29H26N4O6S/c1-19-4-7-21(8-5-19)33-27(35)22(15-20-6-9-23-25(16-20)39-18-38-23)30-29(33)40-17-26(34)31-10-12-32(13-11-31)28(36)24-3-2-14-37-24/h2-9,14-16H,10-13,17-18H2,1H3/b22-15+. The largest absolute Gasteiger partial charge is 0.459 e. The Morgan fingerprint density at radius 3 is 2.48 bits per heavy atom. The van der Waals surface area contributed by atoms with E-state index in [2.05, 4.69) is 4.99 Å². The molecule has 4 heterocycles. The van der Waals surface area contributed by atoms with E-state index in [1.54, 1.807) is 40.1 Å². The maximum atomic E-state index is 13.5. The van der Waals surface area contributed by atoms with Gasteiger partial charge < -0.3 is 23.7 Å². The van der Waals surface area contributed by atoms with Crippen LogP contribution >= 0.6 is 11.8 Å². The fourth-order valence-corrected chi connectivity index (χ4v) is 5.52. The van der Waals surface area contributed by atoms with Gasteiger partial charge in [-0.25, -0.2) is 4.99 Å². The monoisotopic (exact) mass is 558 g/mol. The molecule has 3 aliphatic rings. The summed E-state index contributed by atoms with van der Waals surface area (Å²) in [5, 5.41) is 0.431. The molecule has 0 bridgehead atoms. The molecule has 11 heteroatoms. The second-order valence-electron chi connectivity index (χ2n) is 9.45. The number of hydrogen-bond donors (Lipinski definition) is 0. The number of fused-ring (bicyclic) bond motifs is 1. The van der Waals surface area contributed by atoms with E-state index in [4.69, 9.17) is 13.9 Å².